The molecule has 128 valence electrons. The smallest absolute Gasteiger partial charge is 0.438 e. The summed E-state index contributed by atoms with van der Waals surface area (Å²) >= 11 is 0. The number of hydrogen-bond donors (Lipinski definition) is 0. The molecule has 0 aliphatic rings. The van der Waals surface area contributed by atoms with Crippen molar-refractivity contribution in [3.05, 3.63) is 59.8 Å². The molecule has 0 unspecified atom stereocenters. The maximum absolute atomic E-state index is 13.3. The monoisotopic (exact) mass is 348 g/mol. The zero-order valence-electron chi connectivity index (χ0n) is 12.9. The van der Waals surface area contributed by atoms with E-state index in [-0.39, 0.29) is 22.3 Å². The van der Waals surface area contributed by atoms with Crippen molar-refractivity contribution in [1.82, 2.24) is 9.97 Å². The van der Waals surface area contributed by atoms with E-state index in [2.05, 4.69) is 14.7 Å². The van der Waals surface area contributed by atoms with Gasteiger partial charge in [0.05, 0.1) is 23.7 Å². The SMILES string of the molecule is COC(=O)c1ccc(Oc2nc3ccccc3nc2C(F)(F)F)cc1. The average Bonchev–Trinajstić information content (AvgIpc) is 2.60. The highest BCUT2D eigenvalue weighted by atomic mass is 19.4. The Balaban J connectivity index is 2.01. The van der Waals surface area contributed by atoms with E-state index < -0.39 is 23.7 Å². The van der Waals surface area contributed by atoms with Gasteiger partial charge in [0, 0.05) is 0 Å². The molecule has 0 saturated heterocycles. The normalized spacial score (nSPS) is 11.4. The number of carbonyl (C=O) groups is 1. The lowest BCUT2D eigenvalue weighted by molar-refractivity contribution is -0.142. The molecule has 0 saturated carbocycles. The van der Waals surface area contributed by atoms with E-state index in [1.54, 1.807) is 12.1 Å². The summed E-state index contributed by atoms with van der Waals surface area (Å²) in [5, 5.41) is 0. The third kappa shape index (κ3) is 3.52. The number of carbonyl (C=O) groups excluding carboxylic acids is 1. The highest BCUT2D eigenvalue weighted by molar-refractivity contribution is 5.89. The third-order valence-electron chi connectivity index (χ3n) is 3.30. The number of benzene rings is 2. The molecule has 3 rings (SSSR count). The van der Waals surface area contributed by atoms with Gasteiger partial charge in [0.1, 0.15) is 5.75 Å². The number of aromatic nitrogens is 2. The van der Waals surface area contributed by atoms with Gasteiger partial charge in [-0.05, 0) is 36.4 Å². The Morgan fingerprint density at radius 2 is 1.56 bits per heavy atom. The maximum atomic E-state index is 13.3. The lowest BCUT2D eigenvalue weighted by Gasteiger charge is -2.13. The molecule has 3 aromatic rings. The minimum Gasteiger partial charge on any atom is -0.465 e. The Hall–Kier alpha value is -3.16. The summed E-state index contributed by atoms with van der Waals surface area (Å²) in [6.45, 7) is 0. The second-order valence-electron chi connectivity index (χ2n) is 4.98. The zero-order chi connectivity index (χ0) is 18.0. The molecular weight excluding hydrogens is 337 g/mol. The number of alkyl halides is 3. The molecule has 0 fully saturated rings. The van der Waals surface area contributed by atoms with Crippen LogP contribution in [0.1, 0.15) is 16.1 Å². The van der Waals surface area contributed by atoms with E-state index in [4.69, 9.17) is 4.74 Å². The largest absolute Gasteiger partial charge is 0.465 e. The van der Waals surface area contributed by atoms with E-state index in [0.29, 0.717) is 0 Å². The molecule has 2 aromatic carbocycles. The molecule has 5 nitrogen and oxygen atoms in total. The Bertz CT molecular complexity index is 925. The van der Waals surface area contributed by atoms with Crippen molar-refractivity contribution >= 4 is 17.0 Å². The van der Waals surface area contributed by atoms with E-state index in [1.165, 1.54) is 43.5 Å². The van der Waals surface area contributed by atoms with E-state index in [0.717, 1.165) is 0 Å². The first-order valence-electron chi connectivity index (χ1n) is 7.08. The summed E-state index contributed by atoms with van der Waals surface area (Å²) in [6.07, 6.45) is -4.72. The van der Waals surface area contributed by atoms with Crippen molar-refractivity contribution in [2.75, 3.05) is 7.11 Å². The van der Waals surface area contributed by atoms with Crippen molar-refractivity contribution in [1.29, 1.82) is 0 Å². The highest BCUT2D eigenvalue weighted by Gasteiger charge is 2.38. The zero-order valence-corrected chi connectivity index (χ0v) is 12.9. The van der Waals surface area contributed by atoms with Crippen LogP contribution in [0.3, 0.4) is 0 Å². The third-order valence-corrected chi connectivity index (χ3v) is 3.30. The summed E-state index contributed by atoms with van der Waals surface area (Å²) in [5.41, 5.74) is -0.585. The van der Waals surface area contributed by atoms with Crippen molar-refractivity contribution in [3.63, 3.8) is 0 Å². The second-order valence-corrected chi connectivity index (χ2v) is 4.98. The molecule has 0 atom stereocenters. The average molecular weight is 348 g/mol. The second kappa shape index (κ2) is 6.39. The Labute approximate surface area is 140 Å². The molecule has 0 aliphatic carbocycles. The van der Waals surface area contributed by atoms with Crippen molar-refractivity contribution in [2.24, 2.45) is 0 Å². The number of esters is 1. The molecule has 0 amide bonds. The molecule has 0 radical (unpaired) electrons. The number of rotatable bonds is 3. The lowest BCUT2D eigenvalue weighted by atomic mass is 10.2. The first kappa shape index (κ1) is 16.7. The first-order chi connectivity index (χ1) is 11.9. The molecule has 1 aromatic heterocycles. The fourth-order valence-electron chi connectivity index (χ4n) is 2.13. The van der Waals surface area contributed by atoms with Crippen molar-refractivity contribution < 1.29 is 27.4 Å². The predicted octanol–water partition coefficient (Wildman–Crippen LogP) is 4.23. The maximum Gasteiger partial charge on any atom is 0.438 e. The molecule has 1 heterocycles. The van der Waals surface area contributed by atoms with Crippen LogP contribution in [-0.2, 0) is 10.9 Å². The molecule has 25 heavy (non-hydrogen) atoms. The number of hydrogen-bond acceptors (Lipinski definition) is 5. The standard InChI is InChI=1S/C17H11F3N2O3/c1-24-16(23)10-6-8-11(9-7-10)25-15-14(17(18,19)20)21-12-4-2-3-5-13(12)22-15/h2-9H,1H3. The minimum absolute atomic E-state index is 0.0859. The van der Waals surface area contributed by atoms with Gasteiger partial charge in [-0.15, -0.1) is 0 Å². The molecule has 8 heteroatoms. The Morgan fingerprint density at radius 1 is 0.960 bits per heavy atom. The van der Waals surface area contributed by atoms with Crippen molar-refractivity contribution in [2.45, 2.75) is 6.18 Å². The molecule has 0 aliphatic heterocycles. The number of ether oxygens (including phenoxy) is 2. The van der Waals surface area contributed by atoms with Gasteiger partial charge in [-0.3, -0.25) is 0 Å². The van der Waals surface area contributed by atoms with Crippen molar-refractivity contribution in [3.8, 4) is 11.6 Å². The molecular formula is C17H11F3N2O3. The van der Waals surface area contributed by atoms with Gasteiger partial charge < -0.3 is 9.47 Å². The van der Waals surface area contributed by atoms with Gasteiger partial charge in [-0.25, -0.2) is 14.8 Å². The number of fused-ring (bicyclic) bond motifs is 1. The van der Waals surface area contributed by atoms with Gasteiger partial charge in [-0.2, -0.15) is 13.2 Å². The van der Waals surface area contributed by atoms with Crippen LogP contribution in [0.15, 0.2) is 48.5 Å². The summed E-state index contributed by atoms with van der Waals surface area (Å²) in [4.78, 5) is 18.9. The topological polar surface area (TPSA) is 61.3 Å². The lowest BCUT2D eigenvalue weighted by Crippen LogP contribution is -2.11. The number of halogens is 3. The van der Waals surface area contributed by atoms with E-state index in [1.807, 2.05) is 0 Å². The van der Waals surface area contributed by atoms with Gasteiger partial charge >= 0.3 is 12.1 Å². The quantitative estimate of drug-likeness (QED) is 0.663. The molecule has 0 spiro atoms. The summed E-state index contributed by atoms with van der Waals surface area (Å²) < 4.78 is 49.6. The summed E-state index contributed by atoms with van der Waals surface area (Å²) in [7, 11) is 1.23. The molecule has 0 N–H and O–H groups in total. The van der Waals surface area contributed by atoms with Crippen LogP contribution >= 0.6 is 0 Å². The van der Waals surface area contributed by atoms with Crippen LogP contribution in [0.4, 0.5) is 13.2 Å². The van der Waals surface area contributed by atoms with Gasteiger partial charge in [0.25, 0.3) is 5.88 Å². The number of para-hydroxylation sites is 2. The Morgan fingerprint density at radius 3 is 2.12 bits per heavy atom. The van der Waals surface area contributed by atoms with Crippen LogP contribution in [-0.4, -0.2) is 23.0 Å². The minimum atomic E-state index is -4.72. The highest BCUT2D eigenvalue weighted by Crippen LogP contribution is 2.36. The predicted molar refractivity (Wildman–Crippen MR) is 82.4 cm³/mol. The number of nitrogens with zero attached hydrogens (tertiary/aromatic N) is 2. The van der Waals surface area contributed by atoms with Gasteiger partial charge in [0.2, 0.25) is 5.69 Å². The number of methoxy groups -OCH3 is 1. The van der Waals surface area contributed by atoms with Gasteiger partial charge in [-0.1, -0.05) is 12.1 Å². The molecule has 0 bridgehead atoms. The summed E-state index contributed by atoms with van der Waals surface area (Å²) in [6, 6.07) is 11.6. The van der Waals surface area contributed by atoms with E-state index in [9.17, 15) is 18.0 Å². The first-order valence-corrected chi connectivity index (χ1v) is 7.08. The summed E-state index contributed by atoms with van der Waals surface area (Å²) in [5.74, 6) is -1.13. The fraction of sp³-hybridized carbons (Fsp3) is 0.118. The fourth-order valence-corrected chi connectivity index (χ4v) is 2.13. The van der Waals surface area contributed by atoms with E-state index >= 15 is 0 Å². The van der Waals surface area contributed by atoms with Crippen LogP contribution in [0.25, 0.3) is 11.0 Å². The van der Waals surface area contributed by atoms with Gasteiger partial charge in [0.15, 0.2) is 0 Å². The van der Waals surface area contributed by atoms with Crippen LogP contribution in [0, 0.1) is 0 Å². The van der Waals surface area contributed by atoms with Crippen LogP contribution in [0.2, 0.25) is 0 Å². The Kier molecular flexibility index (Phi) is 4.26. The van der Waals surface area contributed by atoms with Crippen LogP contribution in [0.5, 0.6) is 11.6 Å². The van der Waals surface area contributed by atoms with Crippen LogP contribution < -0.4 is 4.74 Å².